The molecule has 1 amide bonds. The van der Waals surface area contributed by atoms with Gasteiger partial charge in [-0.1, -0.05) is 0 Å². The number of nitrogens with one attached hydrogen (secondary N) is 1. The van der Waals surface area contributed by atoms with Crippen LogP contribution in [0.1, 0.15) is 6.42 Å². The maximum absolute atomic E-state index is 10.8. The van der Waals surface area contributed by atoms with E-state index in [4.69, 9.17) is 15.3 Å². The number of ether oxygens (including phenoxy) is 2. The van der Waals surface area contributed by atoms with Crippen LogP contribution < -0.4 is 11.3 Å². The zero-order chi connectivity index (χ0) is 11.4. The molecule has 0 fully saturated rings. The summed E-state index contributed by atoms with van der Waals surface area (Å²) in [6, 6.07) is 0. The van der Waals surface area contributed by atoms with Crippen molar-refractivity contribution in [3.05, 3.63) is 0 Å². The fourth-order valence-corrected chi connectivity index (χ4v) is 0.945. The molecule has 0 aromatic heterocycles. The highest BCUT2D eigenvalue weighted by Crippen LogP contribution is 1.92. The van der Waals surface area contributed by atoms with E-state index in [0.29, 0.717) is 33.0 Å². The number of hydrazine groups is 1. The summed E-state index contributed by atoms with van der Waals surface area (Å²) in [6.07, 6.45) is 0.247. The van der Waals surface area contributed by atoms with Crippen LogP contribution in [0.2, 0.25) is 0 Å². The molecule has 0 rings (SSSR count). The van der Waals surface area contributed by atoms with Gasteiger partial charge in [0, 0.05) is 6.54 Å². The number of hydrogen-bond acceptors (Lipinski definition) is 6. The van der Waals surface area contributed by atoms with Gasteiger partial charge in [0.15, 0.2) is 0 Å². The summed E-state index contributed by atoms with van der Waals surface area (Å²) in [5.74, 6) is 4.75. The number of carbonyl (C=O) groups is 1. The van der Waals surface area contributed by atoms with Crippen LogP contribution >= 0.6 is 22.9 Å². The Balaban J connectivity index is 3.08. The van der Waals surface area contributed by atoms with Gasteiger partial charge < -0.3 is 9.47 Å². The first-order valence-electron chi connectivity index (χ1n) is 4.45. The summed E-state index contributed by atoms with van der Waals surface area (Å²) in [4.78, 5) is 10.8. The van der Waals surface area contributed by atoms with Crippen LogP contribution in [0, 0.1) is 0 Å². The van der Waals surface area contributed by atoms with Gasteiger partial charge in [0.2, 0.25) is 0 Å². The molecule has 0 atom stereocenters. The van der Waals surface area contributed by atoms with Crippen LogP contribution in [0.4, 0.5) is 0 Å². The number of halogens is 1. The molecule has 88 valence electrons. The van der Waals surface area contributed by atoms with Crippen molar-refractivity contribution >= 4 is 28.8 Å². The Kier molecular flexibility index (Phi) is 11.8. The van der Waals surface area contributed by atoms with Gasteiger partial charge in [-0.05, 0) is 0 Å². The number of nitrogens with zero attached hydrogens (tertiary/aromatic N) is 2. The largest absolute Gasteiger partial charge is 0.379 e. The number of carbonyl (C=O) groups excluding carboxylic acids is 1. The summed E-state index contributed by atoms with van der Waals surface area (Å²) < 4.78 is 13.6. The standard InChI is InChI=1S/C7H15IN4O3/c8-12-11-7(13)1-3-14-5-6-15-4-2-10-9/h10H,1-6,9H2. The molecule has 3 N–H and O–H groups in total. The molecule has 7 nitrogen and oxygen atoms in total. The molecule has 0 unspecified atom stereocenters. The van der Waals surface area contributed by atoms with E-state index in [9.17, 15) is 4.79 Å². The minimum Gasteiger partial charge on any atom is -0.379 e. The van der Waals surface area contributed by atoms with E-state index in [1.807, 2.05) is 0 Å². The van der Waals surface area contributed by atoms with E-state index in [-0.39, 0.29) is 12.3 Å². The lowest BCUT2D eigenvalue weighted by Crippen LogP contribution is -2.26. The predicted molar refractivity (Wildman–Crippen MR) is 62.3 cm³/mol. The van der Waals surface area contributed by atoms with Crippen LogP contribution in [-0.2, 0) is 14.3 Å². The second-order valence-corrected chi connectivity index (χ2v) is 2.93. The van der Waals surface area contributed by atoms with E-state index in [1.165, 1.54) is 0 Å². The first-order chi connectivity index (χ1) is 7.31. The quantitative estimate of drug-likeness (QED) is 0.207. The predicted octanol–water partition coefficient (Wildman–Crippen LogP) is 0.202. The molecule has 0 saturated heterocycles. The Morgan fingerprint density at radius 2 is 1.93 bits per heavy atom. The highest BCUT2D eigenvalue weighted by molar-refractivity contribution is 14.1. The molecular weight excluding hydrogens is 315 g/mol. The number of rotatable bonds is 9. The smallest absolute Gasteiger partial charge is 0.267 e. The third-order valence-electron chi connectivity index (χ3n) is 1.37. The molecule has 0 saturated carbocycles. The zero-order valence-electron chi connectivity index (χ0n) is 8.32. The van der Waals surface area contributed by atoms with E-state index >= 15 is 0 Å². The van der Waals surface area contributed by atoms with E-state index in [1.54, 1.807) is 22.9 Å². The minimum atomic E-state index is -0.280. The number of hydrogen-bond donors (Lipinski definition) is 2. The first kappa shape index (κ1) is 14.8. The van der Waals surface area contributed by atoms with Crippen molar-refractivity contribution in [3.8, 4) is 0 Å². The van der Waals surface area contributed by atoms with Gasteiger partial charge in [0.1, 0.15) is 22.9 Å². The Hall–Kier alpha value is -0.160. The van der Waals surface area contributed by atoms with E-state index in [2.05, 4.69) is 13.9 Å². The lowest BCUT2D eigenvalue weighted by Gasteiger charge is -2.04. The molecular formula is C7H15IN4O3. The van der Waals surface area contributed by atoms with Crippen molar-refractivity contribution in [1.82, 2.24) is 5.43 Å². The first-order valence-corrected chi connectivity index (χ1v) is 5.41. The van der Waals surface area contributed by atoms with Gasteiger partial charge in [-0.3, -0.25) is 16.1 Å². The molecule has 0 radical (unpaired) electrons. The van der Waals surface area contributed by atoms with Crippen molar-refractivity contribution in [2.75, 3.05) is 33.0 Å². The molecule has 0 aliphatic rings. The summed E-state index contributed by atoms with van der Waals surface area (Å²) >= 11 is 1.65. The third-order valence-corrected chi connectivity index (χ3v) is 1.59. The average molecular weight is 330 g/mol. The normalized spacial score (nSPS) is 11.1. The lowest BCUT2D eigenvalue weighted by molar-refractivity contribution is -0.119. The van der Waals surface area contributed by atoms with Gasteiger partial charge >= 0.3 is 0 Å². The van der Waals surface area contributed by atoms with Crippen LogP contribution in [0.15, 0.2) is 8.44 Å². The lowest BCUT2D eigenvalue weighted by atomic mass is 10.4. The molecule has 0 aliphatic heterocycles. The fraction of sp³-hybridized carbons (Fsp3) is 0.857. The summed E-state index contributed by atoms with van der Waals surface area (Å²) in [7, 11) is 0. The fourth-order valence-electron chi connectivity index (χ4n) is 0.705. The Morgan fingerprint density at radius 3 is 2.53 bits per heavy atom. The second-order valence-electron chi connectivity index (χ2n) is 2.50. The molecule has 0 bridgehead atoms. The van der Waals surface area contributed by atoms with Crippen molar-refractivity contribution in [2.24, 2.45) is 14.3 Å². The molecule has 15 heavy (non-hydrogen) atoms. The molecule has 8 heteroatoms. The van der Waals surface area contributed by atoms with E-state index < -0.39 is 0 Å². The second kappa shape index (κ2) is 11.9. The third kappa shape index (κ3) is 11.8. The minimum absolute atomic E-state index is 0.247. The van der Waals surface area contributed by atoms with Crippen LogP contribution in [0.3, 0.4) is 0 Å². The van der Waals surface area contributed by atoms with Gasteiger partial charge in [-0.15, -0.1) is 8.44 Å². The van der Waals surface area contributed by atoms with Crippen molar-refractivity contribution in [3.63, 3.8) is 0 Å². The molecule has 0 aromatic rings. The average Bonchev–Trinajstić information content (AvgIpc) is 2.22. The van der Waals surface area contributed by atoms with Gasteiger partial charge in [0.05, 0.1) is 32.8 Å². The maximum Gasteiger partial charge on any atom is 0.267 e. The Bertz CT molecular complexity index is 191. The Morgan fingerprint density at radius 1 is 1.27 bits per heavy atom. The molecule has 0 heterocycles. The summed E-state index contributed by atoms with van der Waals surface area (Å²) in [5.41, 5.74) is 2.46. The van der Waals surface area contributed by atoms with Gasteiger partial charge in [-0.25, -0.2) is 0 Å². The zero-order valence-corrected chi connectivity index (χ0v) is 10.5. The van der Waals surface area contributed by atoms with Crippen molar-refractivity contribution in [2.45, 2.75) is 6.42 Å². The highest BCUT2D eigenvalue weighted by Gasteiger charge is 1.98. The van der Waals surface area contributed by atoms with Gasteiger partial charge in [-0.2, -0.15) is 0 Å². The monoisotopic (exact) mass is 330 g/mol. The highest BCUT2D eigenvalue weighted by atomic mass is 127. The SMILES string of the molecule is NNCCOCCOCCC(=O)N=NI. The molecule has 0 spiro atoms. The van der Waals surface area contributed by atoms with Crippen molar-refractivity contribution in [1.29, 1.82) is 0 Å². The maximum atomic E-state index is 10.8. The summed E-state index contributed by atoms with van der Waals surface area (Å²) in [5, 5.41) is 3.32. The van der Waals surface area contributed by atoms with Gasteiger partial charge in [0.25, 0.3) is 5.91 Å². The Labute approximate surface area is 102 Å². The van der Waals surface area contributed by atoms with Crippen LogP contribution in [0.5, 0.6) is 0 Å². The van der Waals surface area contributed by atoms with Crippen molar-refractivity contribution < 1.29 is 14.3 Å². The van der Waals surface area contributed by atoms with Crippen LogP contribution in [-0.4, -0.2) is 38.9 Å². The molecule has 0 aromatic carbocycles. The number of nitrogens with two attached hydrogens (primary N) is 1. The molecule has 0 aliphatic carbocycles. The van der Waals surface area contributed by atoms with Crippen LogP contribution in [0.25, 0.3) is 0 Å². The summed E-state index contributed by atoms with van der Waals surface area (Å²) in [6.45, 7) is 2.44. The number of amides is 1. The topological polar surface area (TPSA) is 98.3 Å². The van der Waals surface area contributed by atoms with E-state index in [0.717, 1.165) is 0 Å².